The highest BCUT2D eigenvalue weighted by molar-refractivity contribution is 5.35. The molecule has 84 valence electrons. The molecule has 7 nitrogen and oxygen atoms in total. The summed E-state index contributed by atoms with van der Waals surface area (Å²) < 4.78 is 0. The number of nitrogens with zero attached hydrogens (tertiary/aromatic N) is 5. The van der Waals surface area contributed by atoms with Gasteiger partial charge in [0.05, 0.1) is 23.6 Å². The second kappa shape index (κ2) is 4.21. The van der Waals surface area contributed by atoms with Crippen molar-refractivity contribution >= 4 is 5.82 Å². The van der Waals surface area contributed by atoms with Crippen molar-refractivity contribution < 1.29 is 0 Å². The number of nitrogens with one attached hydrogen (secondary N) is 2. The van der Waals surface area contributed by atoms with Crippen LogP contribution in [0.4, 0.5) is 5.82 Å². The summed E-state index contributed by atoms with van der Waals surface area (Å²) >= 11 is 0. The van der Waals surface area contributed by atoms with Gasteiger partial charge in [0.1, 0.15) is 5.82 Å². The van der Waals surface area contributed by atoms with Crippen molar-refractivity contribution in [3.05, 3.63) is 23.4 Å². The number of hydrogen-bond acceptors (Lipinski definition) is 6. The summed E-state index contributed by atoms with van der Waals surface area (Å²) in [6, 6.07) is -0.0600. The van der Waals surface area contributed by atoms with Crippen LogP contribution in [0.15, 0.2) is 6.20 Å². The van der Waals surface area contributed by atoms with E-state index in [4.69, 9.17) is 0 Å². The van der Waals surface area contributed by atoms with E-state index < -0.39 is 0 Å². The minimum atomic E-state index is -0.0600. The predicted molar refractivity (Wildman–Crippen MR) is 57.7 cm³/mol. The SMILES string of the molecule is Cc1ncc(NC(C)c2nn[nH]n2)nc1C. The smallest absolute Gasteiger partial charge is 0.196 e. The average Bonchev–Trinajstić information content (AvgIpc) is 2.77. The van der Waals surface area contributed by atoms with Crippen LogP contribution in [-0.2, 0) is 0 Å². The lowest BCUT2D eigenvalue weighted by molar-refractivity contribution is 0.784. The van der Waals surface area contributed by atoms with Gasteiger partial charge in [-0.25, -0.2) is 4.98 Å². The molecule has 0 aliphatic heterocycles. The van der Waals surface area contributed by atoms with Crippen LogP contribution in [0.5, 0.6) is 0 Å². The Kier molecular flexibility index (Phi) is 2.76. The lowest BCUT2D eigenvalue weighted by atomic mass is 10.3. The third kappa shape index (κ3) is 2.13. The second-order valence-corrected chi connectivity index (χ2v) is 3.56. The van der Waals surface area contributed by atoms with Crippen molar-refractivity contribution in [2.45, 2.75) is 26.8 Å². The zero-order chi connectivity index (χ0) is 11.5. The van der Waals surface area contributed by atoms with Gasteiger partial charge < -0.3 is 5.32 Å². The molecule has 2 heterocycles. The highest BCUT2D eigenvalue weighted by Crippen LogP contribution is 2.13. The molecule has 0 fully saturated rings. The van der Waals surface area contributed by atoms with Gasteiger partial charge in [0.25, 0.3) is 0 Å². The highest BCUT2D eigenvalue weighted by Gasteiger charge is 2.10. The highest BCUT2D eigenvalue weighted by atomic mass is 15.5. The van der Waals surface area contributed by atoms with Crippen LogP contribution < -0.4 is 5.32 Å². The zero-order valence-corrected chi connectivity index (χ0v) is 9.39. The summed E-state index contributed by atoms with van der Waals surface area (Å²) in [5, 5.41) is 16.9. The summed E-state index contributed by atoms with van der Waals surface area (Å²) in [7, 11) is 0. The van der Waals surface area contributed by atoms with Crippen LogP contribution in [0.25, 0.3) is 0 Å². The first-order valence-electron chi connectivity index (χ1n) is 4.97. The predicted octanol–water partition coefficient (Wildman–Crippen LogP) is 0.780. The van der Waals surface area contributed by atoms with Crippen LogP contribution in [0, 0.1) is 13.8 Å². The number of aromatic nitrogens is 6. The molecule has 0 amide bonds. The molecule has 0 aromatic carbocycles. The monoisotopic (exact) mass is 219 g/mol. The van der Waals surface area contributed by atoms with Gasteiger partial charge in [-0.05, 0) is 20.8 Å². The number of H-pyrrole nitrogens is 1. The Balaban J connectivity index is 2.12. The van der Waals surface area contributed by atoms with E-state index in [-0.39, 0.29) is 6.04 Å². The van der Waals surface area contributed by atoms with Gasteiger partial charge in [0, 0.05) is 0 Å². The van der Waals surface area contributed by atoms with Gasteiger partial charge in [-0.2, -0.15) is 5.21 Å². The van der Waals surface area contributed by atoms with Gasteiger partial charge in [-0.3, -0.25) is 4.98 Å². The third-order valence-electron chi connectivity index (χ3n) is 2.31. The number of aromatic amines is 1. The minimum absolute atomic E-state index is 0.0600. The Morgan fingerprint density at radius 2 is 2.12 bits per heavy atom. The van der Waals surface area contributed by atoms with Crippen molar-refractivity contribution in [2.75, 3.05) is 5.32 Å². The first-order chi connectivity index (χ1) is 7.66. The van der Waals surface area contributed by atoms with Crippen molar-refractivity contribution in [1.82, 2.24) is 30.6 Å². The average molecular weight is 219 g/mol. The minimum Gasteiger partial charge on any atom is -0.359 e. The van der Waals surface area contributed by atoms with Crippen LogP contribution in [0.1, 0.15) is 30.2 Å². The van der Waals surface area contributed by atoms with Gasteiger partial charge in [0.2, 0.25) is 0 Å². The fourth-order valence-electron chi connectivity index (χ4n) is 1.25. The Morgan fingerprint density at radius 1 is 1.31 bits per heavy atom. The molecule has 7 heteroatoms. The van der Waals surface area contributed by atoms with Crippen LogP contribution in [-0.4, -0.2) is 30.6 Å². The molecule has 0 aliphatic rings. The summed E-state index contributed by atoms with van der Waals surface area (Å²) in [6.07, 6.45) is 1.69. The molecule has 16 heavy (non-hydrogen) atoms. The Labute approximate surface area is 92.7 Å². The number of hydrogen-bond donors (Lipinski definition) is 2. The van der Waals surface area contributed by atoms with Gasteiger partial charge in [-0.15, -0.1) is 10.2 Å². The molecular weight excluding hydrogens is 206 g/mol. The van der Waals surface area contributed by atoms with E-state index >= 15 is 0 Å². The van der Waals surface area contributed by atoms with Gasteiger partial charge in [0.15, 0.2) is 5.82 Å². The van der Waals surface area contributed by atoms with Gasteiger partial charge >= 0.3 is 0 Å². The first-order valence-corrected chi connectivity index (χ1v) is 4.97. The number of rotatable bonds is 3. The molecule has 0 aliphatic carbocycles. The molecule has 0 bridgehead atoms. The normalized spacial score (nSPS) is 12.4. The standard InChI is InChI=1S/C9H13N7/c1-5-6(2)11-8(4-10-5)12-7(3)9-13-15-16-14-9/h4,7H,1-3H3,(H,11,12)(H,13,14,15,16). The Morgan fingerprint density at radius 3 is 2.75 bits per heavy atom. The topological polar surface area (TPSA) is 92.3 Å². The summed E-state index contributed by atoms with van der Waals surface area (Å²) in [6.45, 7) is 5.78. The van der Waals surface area contributed by atoms with E-state index in [0.717, 1.165) is 11.4 Å². The summed E-state index contributed by atoms with van der Waals surface area (Å²) in [5.41, 5.74) is 1.84. The van der Waals surface area contributed by atoms with E-state index in [2.05, 4.69) is 35.9 Å². The summed E-state index contributed by atoms with van der Waals surface area (Å²) in [4.78, 5) is 8.59. The maximum absolute atomic E-state index is 4.36. The maximum Gasteiger partial charge on any atom is 0.196 e. The molecule has 1 atom stereocenters. The van der Waals surface area contributed by atoms with Crippen molar-refractivity contribution in [3.8, 4) is 0 Å². The van der Waals surface area contributed by atoms with Gasteiger partial charge in [-0.1, -0.05) is 5.21 Å². The van der Waals surface area contributed by atoms with Crippen LogP contribution in [0.2, 0.25) is 0 Å². The molecule has 2 N–H and O–H groups in total. The Bertz CT molecular complexity index is 465. The number of anilines is 1. The van der Waals surface area contributed by atoms with E-state index in [1.165, 1.54) is 0 Å². The van der Waals surface area contributed by atoms with E-state index in [1.54, 1.807) is 6.20 Å². The molecular formula is C9H13N7. The molecule has 0 saturated carbocycles. The van der Waals surface area contributed by atoms with E-state index in [0.29, 0.717) is 11.6 Å². The maximum atomic E-state index is 4.36. The summed E-state index contributed by atoms with van der Waals surface area (Å²) in [5.74, 6) is 1.31. The molecule has 0 saturated heterocycles. The first kappa shape index (κ1) is 10.5. The van der Waals surface area contributed by atoms with Crippen molar-refractivity contribution in [1.29, 1.82) is 0 Å². The molecule has 2 rings (SSSR count). The lowest BCUT2D eigenvalue weighted by Gasteiger charge is -2.11. The van der Waals surface area contributed by atoms with E-state index in [9.17, 15) is 0 Å². The molecule has 2 aromatic rings. The Hall–Kier alpha value is -2.05. The second-order valence-electron chi connectivity index (χ2n) is 3.56. The lowest BCUT2D eigenvalue weighted by Crippen LogP contribution is -2.10. The third-order valence-corrected chi connectivity index (χ3v) is 2.31. The van der Waals surface area contributed by atoms with Crippen LogP contribution >= 0.6 is 0 Å². The van der Waals surface area contributed by atoms with Crippen molar-refractivity contribution in [3.63, 3.8) is 0 Å². The molecule has 2 aromatic heterocycles. The quantitative estimate of drug-likeness (QED) is 0.792. The zero-order valence-electron chi connectivity index (χ0n) is 9.39. The van der Waals surface area contributed by atoms with Crippen LogP contribution in [0.3, 0.4) is 0 Å². The molecule has 1 unspecified atom stereocenters. The fourth-order valence-corrected chi connectivity index (χ4v) is 1.25. The number of aryl methyl sites for hydroxylation is 2. The molecule has 0 radical (unpaired) electrons. The van der Waals surface area contributed by atoms with E-state index in [1.807, 2.05) is 20.8 Å². The number of tetrazole rings is 1. The molecule has 0 spiro atoms. The largest absolute Gasteiger partial charge is 0.359 e. The van der Waals surface area contributed by atoms with Crippen molar-refractivity contribution in [2.24, 2.45) is 0 Å². The fraction of sp³-hybridized carbons (Fsp3) is 0.444.